The molecule has 0 aromatic heterocycles. The highest BCUT2D eigenvalue weighted by Gasteiger charge is 2.24. The Bertz CT molecular complexity index is 1110. The fourth-order valence-electron chi connectivity index (χ4n) is 7.69. The fraction of sp³-hybridized carbons (Fsp3) is 0.868. The topological polar surface area (TPSA) is 108 Å². The van der Waals surface area contributed by atoms with E-state index in [4.69, 9.17) is 9.05 Å². The number of phosphoric acid groups is 1. The molecule has 366 valence electrons. The van der Waals surface area contributed by atoms with Gasteiger partial charge in [0.1, 0.15) is 13.2 Å². The van der Waals surface area contributed by atoms with Gasteiger partial charge < -0.3 is 28.8 Å². The minimum atomic E-state index is -4.57. The van der Waals surface area contributed by atoms with E-state index >= 15 is 0 Å². The van der Waals surface area contributed by atoms with Gasteiger partial charge in [-0.05, 0) is 51.4 Å². The van der Waals surface area contributed by atoms with Gasteiger partial charge in [0.25, 0.3) is 7.82 Å². The molecule has 9 heteroatoms. The number of carbonyl (C=O) groups excluding carboxylic acids is 1. The summed E-state index contributed by atoms with van der Waals surface area (Å²) < 4.78 is 23.4. The molecule has 0 aliphatic heterocycles. The standard InChI is InChI=1S/C53H103N2O6P/c1-6-8-10-12-14-16-18-20-22-23-24-25-26-27-28-29-30-31-33-35-37-39-41-43-45-47-53(57)54-51(50-61-62(58,59)60-49-48-55(3,4)5)52(56)46-44-42-40-38-36-34-32-21-19-17-15-13-11-9-7-2/h18,20,23-24,26-27,51-52,56H,6-17,19,21-22,25,28-50H2,1-5H3,(H-,54,57,58,59)/b20-18-,24-23-,27-26-. The first-order valence-electron chi connectivity index (χ1n) is 26.3. The zero-order valence-corrected chi connectivity index (χ0v) is 42.5. The molecule has 0 radical (unpaired) electrons. The number of nitrogens with one attached hydrogen (secondary N) is 1. The predicted octanol–water partition coefficient (Wildman–Crippen LogP) is 14.8. The number of hydrogen-bond acceptors (Lipinski definition) is 6. The molecule has 1 amide bonds. The van der Waals surface area contributed by atoms with Crippen molar-refractivity contribution in [3.63, 3.8) is 0 Å². The minimum absolute atomic E-state index is 0.0113. The quantitative estimate of drug-likeness (QED) is 0.0273. The highest BCUT2D eigenvalue weighted by atomic mass is 31.2. The molecule has 3 unspecified atom stereocenters. The van der Waals surface area contributed by atoms with E-state index in [9.17, 15) is 19.4 Å². The van der Waals surface area contributed by atoms with Crippen LogP contribution >= 0.6 is 7.82 Å². The van der Waals surface area contributed by atoms with E-state index in [1.165, 1.54) is 167 Å². The Morgan fingerprint density at radius 3 is 1.35 bits per heavy atom. The van der Waals surface area contributed by atoms with Crippen LogP contribution in [0, 0.1) is 0 Å². The highest BCUT2D eigenvalue weighted by molar-refractivity contribution is 7.45. The molecule has 0 aliphatic carbocycles. The first-order chi connectivity index (χ1) is 30.0. The SMILES string of the molecule is CCCCCCC/C=C\C/C=C\C/C=C\CCCCCCCCCCCCC(=O)NC(COP(=O)([O-])OCC[N+](C)(C)C)C(O)CCCCCCCCCCCCCCCCC. The number of carbonyl (C=O) groups is 1. The highest BCUT2D eigenvalue weighted by Crippen LogP contribution is 2.38. The number of aliphatic hydroxyl groups excluding tert-OH is 1. The molecule has 62 heavy (non-hydrogen) atoms. The molecule has 0 bridgehead atoms. The summed E-state index contributed by atoms with van der Waals surface area (Å²) in [7, 11) is 1.30. The summed E-state index contributed by atoms with van der Waals surface area (Å²) in [6, 6.07) is -0.802. The first kappa shape index (κ1) is 60.7. The molecule has 0 aromatic rings. The maximum absolute atomic E-state index is 12.9. The van der Waals surface area contributed by atoms with Gasteiger partial charge in [0.15, 0.2) is 0 Å². The molecular formula is C53H103N2O6P. The number of aliphatic hydroxyl groups is 1. The van der Waals surface area contributed by atoms with E-state index in [1.807, 2.05) is 21.1 Å². The first-order valence-corrected chi connectivity index (χ1v) is 27.8. The maximum atomic E-state index is 12.9. The number of amides is 1. The van der Waals surface area contributed by atoms with Crippen molar-refractivity contribution in [1.29, 1.82) is 0 Å². The maximum Gasteiger partial charge on any atom is 0.268 e. The van der Waals surface area contributed by atoms with Gasteiger partial charge in [-0.3, -0.25) is 9.36 Å². The van der Waals surface area contributed by atoms with Crippen molar-refractivity contribution in [3.05, 3.63) is 36.5 Å². The number of nitrogens with zero attached hydrogens (tertiary/aromatic N) is 1. The largest absolute Gasteiger partial charge is 0.756 e. The Balaban J connectivity index is 4.21. The van der Waals surface area contributed by atoms with Gasteiger partial charge in [-0.25, -0.2) is 0 Å². The van der Waals surface area contributed by atoms with Crippen LogP contribution in [0.15, 0.2) is 36.5 Å². The molecule has 0 heterocycles. The molecule has 0 rings (SSSR count). The summed E-state index contributed by atoms with van der Waals surface area (Å²) in [4.78, 5) is 25.4. The monoisotopic (exact) mass is 895 g/mol. The molecule has 0 aromatic carbocycles. The van der Waals surface area contributed by atoms with Crippen molar-refractivity contribution in [2.45, 2.75) is 257 Å². The lowest BCUT2D eigenvalue weighted by molar-refractivity contribution is -0.870. The molecule has 0 saturated heterocycles. The Morgan fingerprint density at radius 1 is 0.565 bits per heavy atom. The molecule has 0 saturated carbocycles. The van der Waals surface area contributed by atoms with Crippen LogP contribution in [0.2, 0.25) is 0 Å². The van der Waals surface area contributed by atoms with Gasteiger partial charge in [-0.15, -0.1) is 0 Å². The van der Waals surface area contributed by atoms with Crippen molar-refractivity contribution >= 4 is 13.7 Å². The van der Waals surface area contributed by atoms with E-state index in [0.717, 1.165) is 51.4 Å². The van der Waals surface area contributed by atoms with Gasteiger partial charge in [-0.2, -0.15) is 0 Å². The van der Waals surface area contributed by atoms with E-state index in [0.29, 0.717) is 23.9 Å². The zero-order valence-electron chi connectivity index (χ0n) is 41.6. The van der Waals surface area contributed by atoms with Crippen molar-refractivity contribution in [2.24, 2.45) is 0 Å². The van der Waals surface area contributed by atoms with Crippen LogP contribution in [0.5, 0.6) is 0 Å². The van der Waals surface area contributed by atoms with E-state index in [1.54, 1.807) is 0 Å². The summed E-state index contributed by atoms with van der Waals surface area (Å²) in [6.07, 6.45) is 55.8. The summed E-state index contributed by atoms with van der Waals surface area (Å²) in [6.45, 7) is 4.72. The second kappa shape index (κ2) is 44.9. The number of likely N-dealkylation sites (N-methyl/N-ethyl adjacent to an activating group) is 1. The fourth-order valence-corrected chi connectivity index (χ4v) is 8.42. The van der Waals surface area contributed by atoms with Crippen molar-refractivity contribution in [1.82, 2.24) is 5.32 Å². The van der Waals surface area contributed by atoms with Gasteiger partial charge in [-0.1, -0.05) is 224 Å². The molecule has 3 atom stereocenters. The van der Waals surface area contributed by atoms with Gasteiger partial charge in [0.2, 0.25) is 5.91 Å². The number of phosphoric ester groups is 1. The number of hydrogen-bond donors (Lipinski definition) is 2. The third-order valence-electron chi connectivity index (χ3n) is 11.9. The Morgan fingerprint density at radius 2 is 0.935 bits per heavy atom. The summed E-state index contributed by atoms with van der Waals surface area (Å²) >= 11 is 0. The lowest BCUT2D eigenvalue weighted by atomic mass is 10.0. The summed E-state index contributed by atoms with van der Waals surface area (Å²) in [5.74, 6) is -0.168. The zero-order chi connectivity index (χ0) is 45.7. The normalized spacial score (nSPS) is 14.4. The van der Waals surface area contributed by atoms with Crippen LogP contribution in [0.4, 0.5) is 0 Å². The van der Waals surface area contributed by atoms with Crippen molar-refractivity contribution in [3.8, 4) is 0 Å². The summed E-state index contributed by atoms with van der Waals surface area (Å²) in [5, 5.41) is 14.0. The Kier molecular flexibility index (Phi) is 44.0. The van der Waals surface area contributed by atoms with Crippen LogP contribution in [0.1, 0.15) is 245 Å². The Labute approximate surface area is 385 Å². The van der Waals surface area contributed by atoms with Gasteiger partial charge >= 0.3 is 0 Å². The lowest BCUT2D eigenvalue weighted by Crippen LogP contribution is -2.46. The Hall–Kier alpha value is -1.28. The molecule has 0 spiro atoms. The van der Waals surface area contributed by atoms with Gasteiger partial charge in [0, 0.05) is 6.42 Å². The van der Waals surface area contributed by atoms with Crippen LogP contribution in [-0.4, -0.2) is 68.5 Å². The molecule has 8 nitrogen and oxygen atoms in total. The number of allylic oxidation sites excluding steroid dienone is 6. The second-order valence-corrected chi connectivity index (χ2v) is 20.6. The summed E-state index contributed by atoms with van der Waals surface area (Å²) in [5.41, 5.74) is 0. The van der Waals surface area contributed by atoms with Crippen LogP contribution < -0.4 is 10.2 Å². The number of rotatable bonds is 48. The average Bonchev–Trinajstić information content (AvgIpc) is 3.23. The molecule has 0 fully saturated rings. The number of unbranched alkanes of at least 4 members (excludes halogenated alkanes) is 29. The van der Waals surface area contributed by atoms with E-state index in [2.05, 4.69) is 55.6 Å². The van der Waals surface area contributed by atoms with Gasteiger partial charge in [0.05, 0.1) is 39.9 Å². The smallest absolute Gasteiger partial charge is 0.268 e. The van der Waals surface area contributed by atoms with Crippen LogP contribution in [0.25, 0.3) is 0 Å². The van der Waals surface area contributed by atoms with Crippen LogP contribution in [0.3, 0.4) is 0 Å². The second-order valence-electron chi connectivity index (χ2n) is 19.2. The van der Waals surface area contributed by atoms with E-state index in [-0.39, 0.29) is 19.1 Å². The lowest BCUT2D eigenvalue weighted by Gasteiger charge is -2.30. The average molecular weight is 895 g/mol. The molecular weight excluding hydrogens is 792 g/mol. The van der Waals surface area contributed by atoms with Crippen LogP contribution in [-0.2, 0) is 18.4 Å². The van der Waals surface area contributed by atoms with Crippen molar-refractivity contribution < 1.29 is 32.9 Å². The molecule has 2 N–H and O–H groups in total. The van der Waals surface area contributed by atoms with Crippen molar-refractivity contribution in [2.75, 3.05) is 40.9 Å². The number of quaternary nitrogens is 1. The third-order valence-corrected chi connectivity index (χ3v) is 12.8. The third kappa shape index (κ3) is 46.7. The van der Waals surface area contributed by atoms with E-state index < -0.39 is 20.0 Å². The minimum Gasteiger partial charge on any atom is -0.756 e. The molecule has 0 aliphatic rings. The predicted molar refractivity (Wildman–Crippen MR) is 265 cm³/mol.